The first kappa shape index (κ1) is 34.4. The Morgan fingerprint density at radius 3 is 2.11 bits per heavy atom. The highest BCUT2D eigenvalue weighted by Gasteiger charge is 2.22. The Morgan fingerprint density at radius 2 is 1.43 bits per heavy atom. The molecule has 0 radical (unpaired) electrons. The van der Waals surface area contributed by atoms with Crippen molar-refractivity contribution in [2.45, 2.75) is 51.4 Å². The molecule has 4 aromatic carbocycles. The molecule has 47 heavy (non-hydrogen) atoms. The van der Waals surface area contributed by atoms with Crippen LogP contribution in [0.1, 0.15) is 41.2 Å². The second-order valence-corrected chi connectivity index (χ2v) is 11.2. The highest BCUT2D eigenvalue weighted by Crippen LogP contribution is 2.12. The third kappa shape index (κ3) is 11.8. The van der Waals surface area contributed by atoms with Crippen LogP contribution < -0.4 is 21.3 Å². The number of phenolic OH excluding ortho intramolecular Hbond substituents is 1. The van der Waals surface area contributed by atoms with E-state index in [0.29, 0.717) is 31.4 Å². The average molecular weight is 636 g/mol. The van der Waals surface area contributed by atoms with E-state index in [2.05, 4.69) is 21.3 Å². The molecule has 10 nitrogen and oxygen atoms in total. The minimum Gasteiger partial charge on any atom is -0.508 e. The molecule has 0 aliphatic heterocycles. The SMILES string of the molecule is C[C@H](NC(=O)[C@@H](CCc1ccccc1)NCCc1cccc(O)c1)C(=O)NCc1ccc(C(=N)NC(=O)OCc2ccccc2)cc1. The predicted octanol–water partition coefficient (Wildman–Crippen LogP) is 4.60. The second-order valence-electron chi connectivity index (χ2n) is 11.2. The number of aryl methyl sites for hydroxylation is 1. The van der Waals surface area contributed by atoms with Crippen molar-refractivity contribution in [2.75, 3.05) is 6.54 Å². The summed E-state index contributed by atoms with van der Waals surface area (Å²) >= 11 is 0. The Kier molecular flexibility index (Phi) is 13.1. The van der Waals surface area contributed by atoms with Crippen LogP contribution in [0.5, 0.6) is 5.75 Å². The minimum absolute atomic E-state index is 0.0999. The van der Waals surface area contributed by atoms with E-state index in [9.17, 15) is 19.5 Å². The maximum atomic E-state index is 13.3. The molecule has 0 fully saturated rings. The molecule has 2 atom stereocenters. The van der Waals surface area contributed by atoms with Gasteiger partial charge in [-0.15, -0.1) is 0 Å². The van der Waals surface area contributed by atoms with Crippen molar-refractivity contribution in [1.82, 2.24) is 21.3 Å². The molecular weight excluding hydrogens is 594 g/mol. The van der Waals surface area contributed by atoms with Gasteiger partial charge < -0.3 is 25.8 Å². The molecule has 0 aliphatic rings. The second kappa shape index (κ2) is 17.9. The minimum atomic E-state index is -0.770. The van der Waals surface area contributed by atoms with Crippen LogP contribution in [0.15, 0.2) is 109 Å². The van der Waals surface area contributed by atoms with E-state index in [1.807, 2.05) is 66.7 Å². The number of hydrogen-bond donors (Lipinski definition) is 6. The van der Waals surface area contributed by atoms with E-state index in [1.54, 1.807) is 49.4 Å². The molecular formula is C37H41N5O5. The van der Waals surface area contributed by atoms with E-state index in [0.717, 1.165) is 22.3 Å². The van der Waals surface area contributed by atoms with Crippen molar-refractivity contribution >= 4 is 23.7 Å². The fourth-order valence-corrected chi connectivity index (χ4v) is 4.83. The molecule has 6 N–H and O–H groups in total. The first-order chi connectivity index (χ1) is 22.8. The first-order valence-electron chi connectivity index (χ1n) is 15.6. The molecule has 0 bridgehead atoms. The first-order valence-corrected chi connectivity index (χ1v) is 15.6. The number of nitrogens with one attached hydrogen (secondary N) is 5. The van der Waals surface area contributed by atoms with E-state index >= 15 is 0 Å². The number of phenols is 1. The van der Waals surface area contributed by atoms with Crippen LogP contribution in [-0.4, -0.2) is 47.5 Å². The largest absolute Gasteiger partial charge is 0.508 e. The summed E-state index contributed by atoms with van der Waals surface area (Å²) in [5, 5.41) is 29.3. The van der Waals surface area contributed by atoms with E-state index in [4.69, 9.17) is 10.1 Å². The highest BCUT2D eigenvalue weighted by atomic mass is 16.5. The Labute approximate surface area is 275 Å². The quantitative estimate of drug-likeness (QED) is 0.0830. The number of carbonyl (C=O) groups is 3. The van der Waals surface area contributed by atoms with Crippen LogP contribution in [0.25, 0.3) is 0 Å². The van der Waals surface area contributed by atoms with Gasteiger partial charge in [-0.25, -0.2) is 4.79 Å². The lowest BCUT2D eigenvalue weighted by Crippen LogP contribution is -2.52. The number of ether oxygens (including phenoxy) is 1. The molecule has 0 aliphatic carbocycles. The Balaban J connectivity index is 1.23. The number of aromatic hydroxyl groups is 1. The summed E-state index contributed by atoms with van der Waals surface area (Å²) in [4.78, 5) is 38.3. The smallest absolute Gasteiger partial charge is 0.413 e. The zero-order chi connectivity index (χ0) is 33.4. The monoisotopic (exact) mass is 635 g/mol. The number of benzene rings is 4. The lowest BCUT2D eigenvalue weighted by Gasteiger charge is -2.21. The van der Waals surface area contributed by atoms with Gasteiger partial charge in [0.2, 0.25) is 11.8 Å². The fourth-order valence-electron chi connectivity index (χ4n) is 4.83. The summed E-state index contributed by atoms with van der Waals surface area (Å²) in [6, 6.07) is 31.8. The third-order valence-corrected chi connectivity index (χ3v) is 7.50. The number of hydrogen-bond acceptors (Lipinski definition) is 7. The van der Waals surface area contributed by atoms with Gasteiger partial charge in [0.25, 0.3) is 0 Å². The van der Waals surface area contributed by atoms with Crippen LogP contribution in [0, 0.1) is 5.41 Å². The van der Waals surface area contributed by atoms with Gasteiger partial charge in [0.1, 0.15) is 24.2 Å². The zero-order valence-electron chi connectivity index (χ0n) is 26.4. The molecule has 0 spiro atoms. The van der Waals surface area contributed by atoms with Crippen LogP contribution in [0.2, 0.25) is 0 Å². The van der Waals surface area contributed by atoms with Gasteiger partial charge in [-0.2, -0.15) is 0 Å². The van der Waals surface area contributed by atoms with Gasteiger partial charge in [0.05, 0.1) is 6.04 Å². The van der Waals surface area contributed by atoms with Gasteiger partial charge in [-0.3, -0.25) is 20.3 Å². The summed E-state index contributed by atoms with van der Waals surface area (Å²) in [5.41, 5.74) is 4.18. The molecule has 0 saturated heterocycles. The number of carbonyl (C=O) groups excluding carboxylic acids is 3. The van der Waals surface area contributed by atoms with Gasteiger partial charge in [-0.1, -0.05) is 97.1 Å². The number of alkyl carbamates (subject to hydrolysis) is 1. The standard InChI is InChI=1S/C37H41N5O5/c1-26(41-36(45)33(20-17-27-9-4-2-5-10-27)39-22-21-28-13-8-14-32(43)23-28)35(44)40-24-29-15-18-31(19-16-29)34(38)42-37(46)47-25-30-11-6-3-7-12-30/h2-16,18-19,23,26,33,39,43H,17,20-22,24-25H2,1H3,(H,40,44)(H,41,45)(H2,38,42,46)/t26-,33+/m0/s1. The Bertz CT molecular complexity index is 1610. The number of amides is 3. The normalized spacial score (nSPS) is 11.9. The van der Waals surface area contributed by atoms with Gasteiger partial charge in [0, 0.05) is 12.1 Å². The third-order valence-electron chi connectivity index (χ3n) is 7.50. The van der Waals surface area contributed by atoms with Gasteiger partial charge in [-0.05, 0) is 67.1 Å². The average Bonchev–Trinajstić information content (AvgIpc) is 3.08. The lowest BCUT2D eigenvalue weighted by molar-refractivity contribution is -0.129. The lowest BCUT2D eigenvalue weighted by atomic mass is 10.0. The van der Waals surface area contributed by atoms with Crippen molar-refractivity contribution in [3.05, 3.63) is 137 Å². The summed E-state index contributed by atoms with van der Waals surface area (Å²) in [5.74, 6) is -0.506. The zero-order valence-corrected chi connectivity index (χ0v) is 26.4. The Morgan fingerprint density at radius 1 is 0.766 bits per heavy atom. The summed E-state index contributed by atoms with van der Waals surface area (Å²) in [6.45, 7) is 2.48. The molecule has 244 valence electrons. The molecule has 0 aromatic heterocycles. The Hall–Kier alpha value is -5.48. The molecule has 10 heteroatoms. The van der Waals surface area contributed by atoms with E-state index in [-0.39, 0.29) is 36.6 Å². The van der Waals surface area contributed by atoms with Crippen molar-refractivity contribution in [3.8, 4) is 5.75 Å². The molecule has 4 rings (SSSR count). The number of rotatable bonds is 15. The molecule has 0 heterocycles. The topological polar surface area (TPSA) is 153 Å². The molecule has 3 amide bonds. The van der Waals surface area contributed by atoms with Crippen LogP contribution in [-0.2, 0) is 40.3 Å². The van der Waals surface area contributed by atoms with E-state index < -0.39 is 18.2 Å². The summed E-state index contributed by atoms with van der Waals surface area (Å²) in [6.07, 6.45) is 1.15. The van der Waals surface area contributed by atoms with E-state index in [1.165, 1.54) is 0 Å². The van der Waals surface area contributed by atoms with Gasteiger partial charge >= 0.3 is 6.09 Å². The van der Waals surface area contributed by atoms with Crippen molar-refractivity contribution < 1.29 is 24.2 Å². The molecule has 4 aromatic rings. The summed E-state index contributed by atoms with van der Waals surface area (Å²) < 4.78 is 5.17. The van der Waals surface area contributed by atoms with Crippen molar-refractivity contribution in [2.24, 2.45) is 0 Å². The summed E-state index contributed by atoms with van der Waals surface area (Å²) in [7, 11) is 0. The number of amidine groups is 1. The highest BCUT2D eigenvalue weighted by molar-refractivity contribution is 6.04. The van der Waals surface area contributed by atoms with Crippen molar-refractivity contribution in [3.63, 3.8) is 0 Å². The molecule has 0 unspecified atom stereocenters. The van der Waals surface area contributed by atoms with Crippen LogP contribution >= 0.6 is 0 Å². The maximum Gasteiger partial charge on any atom is 0.413 e. The van der Waals surface area contributed by atoms with Crippen molar-refractivity contribution in [1.29, 1.82) is 5.41 Å². The fraction of sp³-hybridized carbons (Fsp3) is 0.243. The predicted molar refractivity (Wildman–Crippen MR) is 181 cm³/mol. The molecule has 0 saturated carbocycles. The van der Waals surface area contributed by atoms with Crippen LogP contribution in [0.4, 0.5) is 4.79 Å². The van der Waals surface area contributed by atoms with Gasteiger partial charge in [0.15, 0.2) is 0 Å². The maximum absolute atomic E-state index is 13.3. The van der Waals surface area contributed by atoms with Crippen LogP contribution in [0.3, 0.4) is 0 Å².